The normalized spacial score (nSPS) is 13.2. The molecule has 0 aliphatic carbocycles. The van der Waals surface area contributed by atoms with Gasteiger partial charge in [0.15, 0.2) is 0 Å². The second kappa shape index (κ2) is 8.09. The van der Waals surface area contributed by atoms with Crippen LogP contribution in [0, 0.1) is 5.41 Å². The Hall–Kier alpha value is -1.47. The van der Waals surface area contributed by atoms with Crippen LogP contribution in [0.15, 0.2) is 6.20 Å². The van der Waals surface area contributed by atoms with Crippen LogP contribution >= 0.6 is 0 Å². The fourth-order valence-corrected chi connectivity index (χ4v) is 1.77. The number of nitrogens with one attached hydrogen (secondary N) is 1. The molecule has 1 atom stereocenters. The van der Waals surface area contributed by atoms with Crippen LogP contribution in [0.25, 0.3) is 0 Å². The number of carbonyl (C=O) groups is 1. The second-order valence-corrected chi connectivity index (χ2v) is 5.95. The second-order valence-electron chi connectivity index (χ2n) is 5.95. The van der Waals surface area contributed by atoms with Gasteiger partial charge in [-0.25, -0.2) is 0 Å². The van der Waals surface area contributed by atoms with Crippen LogP contribution in [-0.2, 0) is 17.9 Å². The number of aromatic nitrogens is 3. The van der Waals surface area contributed by atoms with Gasteiger partial charge >= 0.3 is 0 Å². The summed E-state index contributed by atoms with van der Waals surface area (Å²) in [7, 11) is 0. The number of aryl methyl sites for hydroxylation is 1. The summed E-state index contributed by atoms with van der Waals surface area (Å²) in [5.41, 5.74) is -0.226. The number of unbranched alkanes of at least 4 members (excludes halogenated alkanes) is 2. The van der Waals surface area contributed by atoms with Gasteiger partial charge in [0.1, 0.15) is 11.8 Å². The molecule has 1 rings (SSSR count). The monoisotopic (exact) mass is 298 g/mol. The molecule has 1 heterocycles. The Morgan fingerprint density at radius 2 is 2.19 bits per heavy atom. The first-order chi connectivity index (χ1) is 9.90. The number of rotatable bonds is 9. The quantitative estimate of drug-likeness (QED) is 0.575. The van der Waals surface area contributed by atoms with Gasteiger partial charge in [-0.05, 0) is 6.42 Å². The van der Waals surface area contributed by atoms with Crippen molar-refractivity contribution >= 4 is 5.91 Å². The van der Waals surface area contributed by atoms with Crippen molar-refractivity contribution in [2.24, 2.45) is 5.41 Å². The molecule has 1 aromatic heterocycles. The van der Waals surface area contributed by atoms with E-state index < -0.39 is 17.4 Å². The van der Waals surface area contributed by atoms with E-state index in [9.17, 15) is 9.90 Å². The fraction of sp³-hybridized carbons (Fsp3) is 0.786. The maximum atomic E-state index is 11.8. The lowest BCUT2D eigenvalue weighted by Gasteiger charge is -2.26. The molecular weight excluding hydrogens is 272 g/mol. The lowest BCUT2D eigenvalue weighted by molar-refractivity contribution is -0.137. The molecule has 0 spiro atoms. The van der Waals surface area contributed by atoms with Crippen molar-refractivity contribution in [1.82, 2.24) is 20.3 Å². The minimum absolute atomic E-state index is 0.213. The van der Waals surface area contributed by atoms with E-state index >= 15 is 0 Å². The van der Waals surface area contributed by atoms with E-state index in [1.165, 1.54) is 0 Å². The summed E-state index contributed by atoms with van der Waals surface area (Å²) in [5.74, 6) is -0.519. The summed E-state index contributed by atoms with van der Waals surface area (Å²) in [6, 6.07) is 0. The van der Waals surface area contributed by atoms with Crippen LogP contribution < -0.4 is 5.32 Å². The largest absolute Gasteiger partial charge is 0.396 e. The Kier molecular flexibility index (Phi) is 6.77. The highest BCUT2D eigenvalue weighted by Gasteiger charge is 2.32. The van der Waals surface area contributed by atoms with Gasteiger partial charge in [0.05, 0.1) is 19.3 Å². The Morgan fingerprint density at radius 3 is 2.81 bits per heavy atom. The first-order valence-electron chi connectivity index (χ1n) is 7.36. The average Bonchev–Trinajstić information content (AvgIpc) is 2.92. The molecular formula is C14H26N4O3. The maximum Gasteiger partial charge on any atom is 0.249 e. The van der Waals surface area contributed by atoms with Crippen LogP contribution in [0.4, 0.5) is 0 Å². The Morgan fingerprint density at radius 1 is 1.48 bits per heavy atom. The molecule has 7 heteroatoms. The van der Waals surface area contributed by atoms with Gasteiger partial charge < -0.3 is 15.5 Å². The Bertz CT molecular complexity index is 445. The molecule has 0 bridgehead atoms. The smallest absolute Gasteiger partial charge is 0.249 e. The van der Waals surface area contributed by atoms with Crippen molar-refractivity contribution in [2.75, 3.05) is 6.61 Å². The summed E-state index contributed by atoms with van der Waals surface area (Å²) < 4.78 is 1.76. The molecule has 0 unspecified atom stereocenters. The molecule has 21 heavy (non-hydrogen) atoms. The van der Waals surface area contributed by atoms with Gasteiger partial charge in [0.25, 0.3) is 0 Å². The highest BCUT2D eigenvalue weighted by atomic mass is 16.3. The van der Waals surface area contributed by atoms with E-state index in [4.69, 9.17) is 5.11 Å². The molecule has 0 fully saturated rings. The van der Waals surface area contributed by atoms with Crippen LogP contribution in [0.2, 0.25) is 0 Å². The zero-order valence-electron chi connectivity index (χ0n) is 13.0. The lowest BCUT2D eigenvalue weighted by Crippen LogP contribution is -2.45. The molecule has 0 aliphatic heterocycles. The Labute approximate surface area is 125 Å². The molecule has 0 aliphatic rings. The Balaban J connectivity index is 2.43. The minimum Gasteiger partial charge on any atom is -0.396 e. The van der Waals surface area contributed by atoms with Crippen LogP contribution in [0.5, 0.6) is 0 Å². The van der Waals surface area contributed by atoms with Gasteiger partial charge in [0, 0.05) is 12.0 Å². The summed E-state index contributed by atoms with van der Waals surface area (Å²) in [6.45, 7) is 6.15. The summed E-state index contributed by atoms with van der Waals surface area (Å²) in [5, 5.41) is 29.6. The van der Waals surface area contributed by atoms with Crippen LogP contribution in [0.1, 0.15) is 45.7 Å². The number of hydrogen-bond donors (Lipinski definition) is 3. The third-order valence-corrected chi connectivity index (χ3v) is 3.42. The van der Waals surface area contributed by atoms with E-state index in [-0.39, 0.29) is 13.2 Å². The minimum atomic E-state index is -1.26. The fourth-order valence-electron chi connectivity index (χ4n) is 1.77. The van der Waals surface area contributed by atoms with Gasteiger partial charge in [-0.15, -0.1) is 5.10 Å². The van der Waals surface area contributed by atoms with Crippen LogP contribution in [0.3, 0.4) is 0 Å². The molecule has 0 saturated carbocycles. The SMILES string of the molecule is CCCCCn1cc(CNC(=O)[C@H](O)C(C)(C)CO)nn1. The third-order valence-electron chi connectivity index (χ3n) is 3.42. The van der Waals surface area contributed by atoms with E-state index in [0.717, 1.165) is 25.8 Å². The van der Waals surface area contributed by atoms with E-state index in [2.05, 4.69) is 22.6 Å². The molecule has 0 aromatic carbocycles. The lowest BCUT2D eigenvalue weighted by atomic mass is 9.87. The first kappa shape index (κ1) is 17.6. The predicted molar refractivity (Wildman–Crippen MR) is 78.3 cm³/mol. The van der Waals surface area contributed by atoms with Gasteiger partial charge in [0.2, 0.25) is 5.91 Å². The summed E-state index contributed by atoms with van der Waals surface area (Å²) >= 11 is 0. The summed E-state index contributed by atoms with van der Waals surface area (Å²) in [6.07, 6.45) is 3.88. The van der Waals surface area contributed by atoms with Crippen molar-refractivity contribution < 1.29 is 15.0 Å². The number of hydrogen-bond acceptors (Lipinski definition) is 5. The standard InChI is InChI=1S/C14H26N4O3/c1-4-5-6-7-18-9-11(16-17-18)8-15-13(21)12(20)14(2,3)10-19/h9,12,19-20H,4-8,10H2,1-3H3,(H,15,21)/t12-/m0/s1. The average molecular weight is 298 g/mol. The number of amides is 1. The molecule has 3 N–H and O–H groups in total. The van der Waals surface area contributed by atoms with E-state index in [1.54, 1.807) is 24.7 Å². The highest BCUT2D eigenvalue weighted by molar-refractivity contribution is 5.81. The zero-order chi connectivity index (χ0) is 15.9. The predicted octanol–water partition coefficient (Wildman–Crippen LogP) is 0.464. The number of aliphatic hydroxyl groups excluding tert-OH is 2. The van der Waals surface area contributed by atoms with E-state index in [1.807, 2.05) is 0 Å². The highest BCUT2D eigenvalue weighted by Crippen LogP contribution is 2.19. The molecule has 7 nitrogen and oxygen atoms in total. The van der Waals surface area contributed by atoms with E-state index in [0.29, 0.717) is 5.69 Å². The molecule has 0 radical (unpaired) electrons. The van der Waals surface area contributed by atoms with Crippen molar-refractivity contribution in [3.63, 3.8) is 0 Å². The van der Waals surface area contributed by atoms with Gasteiger partial charge in [-0.1, -0.05) is 38.8 Å². The maximum absolute atomic E-state index is 11.8. The topological polar surface area (TPSA) is 100 Å². The number of nitrogens with zero attached hydrogens (tertiary/aromatic N) is 3. The zero-order valence-corrected chi connectivity index (χ0v) is 13.0. The molecule has 1 aromatic rings. The molecule has 1 amide bonds. The summed E-state index contributed by atoms with van der Waals surface area (Å²) in [4.78, 5) is 11.8. The van der Waals surface area contributed by atoms with Crippen molar-refractivity contribution in [3.05, 3.63) is 11.9 Å². The molecule has 120 valence electrons. The third kappa shape index (κ3) is 5.43. The van der Waals surface area contributed by atoms with Crippen molar-refractivity contribution in [1.29, 1.82) is 0 Å². The number of aliphatic hydroxyl groups is 2. The first-order valence-corrected chi connectivity index (χ1v) is 7.36. The van der Waals surface area contributed by atoms with Gasteiger partial charge in [-0.3, -0.25) is 9.48 Å². The van der Waals surface area contributed by atoms with Crippen molar-refractivity contribution in [2.45, 2.75) is 59.2 Å². The van der Waals surface area contributed by atoms with Crippen LogP contribution in [-0.4, -0.2) is 43.8 Å². The van der Waals surface area contributed by atoms with Gasteiger partial charge in [-0.2, -0.15) is 0 Å². The van der Waals surface area contributed by atoms with Crippen molar-refractivity contribution in [3.8, 4) is 0 Å². The molecule has 0 saturated heterocycles. The number of carbonyl (C=O) groups excluding carboxylic acids is 1.